The van der Waals surface area contributed by atoms with E-state index in [1.54, 1.807) is 12.4 Å². The molecule has 5 rings (SSSR count). The van der Waals surface area contributed by atoms with E-state index in [4.69, 9.17) is 18.9 Å². The minimum atomic E-state index is -0.607. The lowest BCUT2D eigenvalue weighted by Gasteiger charge is -2.26. The molecule has 0 N–H and O–H groups in total. The van der Waals surface area contributed by atoms with Gasteiger partial charge in [-0.2, -0.15) is 5.10 Å². The molecule has 0 radical (unpaired) electrons. The fourth-order valence-electron chi connectivity index (χ4n) is 4.20. The summed E-state index contributed by atoms with van der Waals surface area (Å²) in [6, 6.07) is 16.7. The lowest BCUT2D eigenvalue weighted by atomic mass is 10.2. The summed E-state index contributed by atoms with van der Waals surface area (Å²) in [5.74, 6) is 1.85. The molecule has 1 fully saturated rings. The monoisotopic (exact) mass is 533 g/mol. The van der Waals surface area contributed by atoms with E-state index >= 15 is 0 Å². The molecule has 4 heterocycles. The van der Waals surface area contributed by atoms with Crippen molar-refractivity contribution in [3.05, 3.63) is 60.9 Å². The van der Waals surface area contributed by atoms with Crippen LogP contribution in [0.25, 0.3) is 22.2 Å². The van der Waals surface area contributed by atoms with E-state index in [0.29, 0.717) is 30.8 Å². The van der Waals surface area contributed by atoms with E-state index in [0.717, 1.165) is 61.6 Å². The van der Waals surface area contributed by atoms with Crippen LogP contribution in [-0.2, 0) is 16.2 Å². The number of aromatic nitrogens is 4. The Hall–Kier alpha value is -3.31. The van der Waals surface area contributed by atoms with Gasteiger partial charge in [0.25, 0.3) is 0 Å². The van der Waals surface area contributed by atoms with Crippen molar-refractivity contribution in [1.82, 2.24) is 24.6 Å². The van der Waals surface area contributed by atoms with Crippen LogP contribution in [0.15, 0.2) is 60.9 Å². The van der Waals surface area contributed by atoms with Crippen LogP contribution in [0.3, 0.4) is 0 Å². The molecule has 1 aliphatic rings. The van der Waals surface area contributed by atoms with Crippen LogP contribution >= 0.6 is 0 Å². The maximum absolute atomic E-state index is 6.02. The molecule has 1 aromatic carbocycles. The van der Waals surface area contributed by atoms with Crippen LogP contribution in [-0.4, -0.2) is 79.5 Å². The predicted octanol–water partition coefficient (Wildman–Crippen LogP) is 4.46. The molecule has 0 aliphatic carbocycles. The van der Waals surface area contributed by atoms with Gasteiger partial charge in [-0.1, -0.05) is 13.1 Å². The number of pyridine rings is 2. The smallest absolute Gasteiger partial charge is 0.219 e. The number of morpholine rings is 1. The third kappa shape index (κ3) is 7.16. The summed E-state index contributed by atoms with van der Waals surface area (Å²) < 4.78 is 25.0. The van der Waals surface area contributed by atoms with Gasteiger partial charge in [0.15, 0.2) is 0 Å². The molecule has 0 amide bonds. The molecule has 3 aromatic heterocycles. The SMILES string of the molecule is C[SiH](C)CCOCn1nccc1-c1ccc(Oc2ccc3nc(OCCN4CCOCC4)ccc3c2)nc1. The van der Waals surface area contributed by atoms with Gasteiger partial charge >= 0.3 is 0 Å². The number of benzene rings is 1. The summed E-state index contributed by atoms with van der Waals surface area (Å²) in [5, 5.41) is 5.37. The van der Waals surface area contributed by atoms with Crippen LogP contribution in [0.4, 0.5) is 0 Å². The van der Waals surface area contributed by atoms with Crippen molar-refractivity contribution in [2.75, 3.05) is 46.1 Å². The van der Waals surface area contributed by atoms with Crippen LogP contribution in [0.5, 0.6) is 17.5 Å². The highest BCUT2D eigenvalue weighted by Crippen LogP contribution is 2.27. The Morgan fingerprint density at radius 1 is 0.974 bits per heavy atom. The fraction of sp³-hybridized carbons (Fsp3) is 0.393. The van der Waals surface area contributed by atoms with Gasteiger partial charge in [-0.3, -0.25) is 4.90 Å². The zero-order valence-corrected chi connectivity index (χ0v) is 23.2. The molecule has 10 heteroatoms. The van der Waals surface area contributed by atoms with Crippen molar-refractivity contribution in [1.29, 1.82) is 0 Å². The zero-order chi connectivity index (χ0) is 26.2. The highest BCUT2D eigenvalue weighted by molar-refractivity contribution is 6.55. The molecule has 4 aromatic rings. The molecule has 0 unspecified atom stereocenters. The quantitative estimate of drug-likeness (QED) is 0.195. The average Bonchev–Trinajstić information content (AvgIpc) is 3.41. The standard InChI is InChI=1S/C28H35N5O4Si/c1-38(2)18-17-35-21-33-26(9-10-30-33)23-4-7-27(29-20-23)37-24-5-6-25-22(19-24)3-8-28(31-25)36-16-13-32-11-14-34-15-12-32/h3-10,19-20,38H,11-18,21H2,1-2H3. The number of rotatable bonds is 12. The predicted molar refractivity (Wildman–Crippen MR) is 150 cm³/mol. The Kier molecular flexibility index (Phi) is 8.97. The Morgan fingerprint density at radius 3 is 2.66 bits per heavy atom. The second-order valence-electron chi connectivity index (χ2n) is 9.73. The summed E-state index contributed by atoms with van der Waals surface area (Å²) in [5.41, 5.74) is 2.78. The highest BCUT2D eigenvalue weighted by atomic mass is 28.3. The molecule has 1 aliphatic heterocycles. The van der Waals surface area contributed by atoms with Crippen LogP contribution in [0, 0.1) is 0 Å². The normalized spacial score (nSPS) is 14.3. The third-order valence-electron chi connectivity index (χ3n) is 6.42. The number of hydrogen-bond acceptors (Lipinski definition) is 8. The van der Waals surface area contributed by atoms with E-state index < -0.39 is 8.80 Å². The summed E-state index contributed by atoms with van der Waals surface area (Å²) in [6.07, 6.45) is 3.58. The van der Waals surface area contributed by atoms with E-state index in [9.17, 15) is 0 Å². The van der Waals surface area contributed by atoms with Gasteiger partial charge in [0, 0.05) is 70.5 Å². The molecule has 9 nitrogen and oxygen atoms in total. The second kappa shape index (κ2) is 13.0. The van der Waals surface area contributed by atoms with Crippen molar-refractivity contribution in [2.24, 2.45) is 0 Å². The van der Waals surface area contributed by atoms with Crippen LogP contribution < -0.4 is 9.47 Å². The summed E-state index contributed by atoms with van der Waals surface area (Å²) in [7, 11) is -0.607. The van der Waals surface area contributed by atoms with E-state index in [2.05, 4.69) is 33.1 Å². The minimum absolute atomic E-state index is 0.438. The van der Waals surface area contributed by atoms with Gasteiger partial charge in [-0.25, -0.2) is 14.6 Å². The zero-order valence-electron chi connectivity index (χ0n) is 22.1. The highest BCUT2D eigenvalue weighted by Gasteiger charge is 2.11. The molecule has 1 saturated heterocycles. The first-order chi connectivity index (χ1) is 18.6. The van der Waals surface area contributed by atoms with Crippen molar-refractivity contribution in [3.63, 3.8) is 0 Å². The van der Waals surface area contributed by atoms with E-state index in [1.165, 1.54) is 6.04 Å². The molecular formula is C28H35N5O4Si. The molecule has 0 spiro atoms. The van der Waals surface area contributed by atoms with Gasteiger partial charge in [0.05, 0.1) is 24.4 Å². The lowest BCUT2D eigenvalue weighted by molar-refractivity contribution is 0.0320. The summed E-state index contributed by atoms with van der Waals surface area (Å²) >= 11 is 0. The van der Waals surface area contributed by atoms with Crippen molar-refractivity contribution in [3.8, 4) is 28.8 Å². The average molecular weight is 534 g/mol. The van der Waals surface area contributed by atoms with Gasteiger partial charge < -0.3 is 18.9 Å². The Balaban J connectivity index is 1.16. The van der Waals surface area contributed by atoms with Gasteiger partial charge in [0.1, 0.15) is 19.1 Å². The van der Waals surface area contributed by atoms with Crippen molar-refractivity contribution >= 4 is 19.7 Å². The maximum Gasteiger partial charge on any atom is 0.219 e. The first kappa shape index (κ1) is 26.3. The number of fused-ring (bicyclic) bond motifs is 1. The van der Waals surface area contributed by atoms with Crippen molar-refractivity contribution < 1.29 is 18.9 Å². The fourth-order valence-corrected chi connectivity index (χ4v) is 4.83. The molecular weight excluding hydrogens is 498 g/mol. The summed E-state index contributed by atoms with van der Waals surface area (Å²) in [4.78, 5) is 11.5. The maximum atomic E-state index is 6.02. The number of hydrogen-bond donors (Lipinski definition) is 0. The molecule has 200 valence electrons. The third-order valence-corrected chi connectivity index (χ3v) is 7.81. The topological polar surface area (TPSA) is 83.8 Å². The lowest BCUT2D eigenvalue weighted by Crippen LogP contribution is -2.38. The Bertz CT molecular complexity index is 1310. The van der Waals surface area contributed by atoms with Crippen molar-refractivity contribution in [2.45, 2.75) is 25.9 Å². The first-order valence-corrected chi connectivity index (χ1v) is 16.3. The van der Waals surface area contributed by atoms with Crippen LogP contribution in [0.1, 0.15) is 0 Å². The largest absolute Gasteiger partial charge is 0.476 e. The van der Waals surface area contributed by atoms with Gasteiger partial charge in [-0.05, 0) is 42.4 Å². The van der Waals surface area contributed by atoms with Crippen LogP contribution in [0.2, 0.25) is 19.1 Å². The van der Waals surface area contributed by atoms with E-state index in [1.807, 2.05) is 53.2 Å². The summed E-state index contributed by atoms with van der Waals surface area (Å²) in [6.45, 7) is 10.8. The molecule has 0 atom stereocenters. The Morgan fingerprint density at radius 2 is 1.84 bits per heavy atom. The van der Waals surface area contributed by atoms with Gasteiger partial charge in [-0.15, -0.1) is 0 Å². The number of ether oxygens (including phenoxy) is 4. The minimum Gasteiger partial charge on any atom is -0.476 e. The molecule has 0 bridgehead atoms. The number of nitrogens with zero attached hydrogens (tertiary/aromatic N) is 5. The molecule has 0 saturated carbocycles. The Labute approximate surface area is 224 Å². The van der Waals surface area contributed by atoms with Gasteiger partial charge in [0.2, 0.25) is 11.8 Å². The molecule has 38 heavy (non-hydrogen) atoms. The first-order valence-electron chi connectivity index (χ1n) is 13.2. The second-order valence-corrected chi connectivity index (χ2v) is 13.1. The van der Waals surface area contributed by atoms with E-state index in [-0.39, 0.29) is 0 Å².